The number of methoxy groups -OCH3 is 2. The average Bonchev–Trinajstić information content (AvgIpc) is 2.61. The molecule has 4 heteroatoms. The third kappa shape index (κ3) is 3.26. The minimum Gasteiger partial charge on any atom is -0.497 e. The van der Waals surface area contributed by atoms with Crippen LogP contribution in [0.3, 0.4) is 0 Å². The third-order valence-corrected chi connectivity index (χ3v) is 3.57. The van der Waals surface area contributed by atoms with Crippen LogP contribution >= 0.6 is 0 Å². The van der Waals surface area contributed by atoms with E-state index in [9.17, 15) is 4.79 Å². The molecule has 116 valence electrons. The highest BCUT2D eigenvalue weighted by Crippen LogP contribution is 2.27. The van der Waals surface area contributed by atoms with Gasteiger partial charge in [0, 0.05) is 11.6 Å². The highest BCUT2D eigenvalue weighted by molar-refractivity contribution is 5.69. The summed E-state index contributed by atoms with van der Waals surface area (Å²) >= 11 is 0. The van der Waals surface area contributed by atoms with Crippen LogP contribution in [0.5, 0.6) is 11.5 Å². The minimum atomic E-state index is -0.385. The van der Waals surface area contributed by atoms with E-state index in [1.807, 2.05) is 54.6 Å². The lowest BCUT2D eigenvalue weighted by atomic mass is 10.0. The normalized spacial score (nSPS) is 10.3. The van der Waals surface area contributed by atoms with Gasteiger partial charge in [-0.15, -0.1) is 0 Å². The summed E-state index contributed by atoms with van der Waals surface area (Å²) in [6.07, 6.45) is 0. The lowest BCUT2D eigenvalue weighted by Gasteiger charge is -2.06. The van der Waals surface area contributed by atoms with Crippen molar-refractivity contribution in [2.45, 2.75) is 0 Å². The Hall–Kier alpha value is -3.01. The summed E-state index contributed by atoms with van der Waals surface area (Å²) in [6.45, 7) is 0. The molecule has 1 aromatic heterocycles. The van der Waals surface area contributed by atoms with Crippen molar-refractivity contribution < 1.29 is 13.9 Å². The van der Waals surface area contributed by atoms with Crippen molar-refractivity contribution in [1.82, 2.24) is 0 Å². The summed E-state index contributed by atoms with van der Waals surface area (Å²) in [5.74, 6) is 2.04. The molecule has 0 aliphatic rings. The van der Waals surface area contributed by atoms with E-state index in [0.29, 0.717) is 5.76 Å². The molecule has 4 nitrogen and oxygen atoms in total. The van der Waals surface area contributed by atoms with Crippen LogP contribution in [0.25, 0.3) is 22.5 Å². The van der Waals surface area contributed by atoms with Gasteiger partial charge in [-0.25, -0.2) is 4.79 Å². The molecule has 2 aromatic carbocycles. The zero-order valence-corrected chi connectivity index (χ0v) is 12.9. The number of hydrogen-bond donors (Lipinski definition) is 0. The van der Waals surface area contributed by atoms with Crippen molar-refractivity contribution in [3.05, 3.63) is 71.1 Å². The first-order valence-corrected chi connectivity index (χ1v) is 7.13. The van der Waals surface area contributed by atoms with Gasteiger partial charge in [-0.3, -0.25) is 0 Å². The summed E-state index contributed by atoms with van der Waals surface area (Å²) < 4.78 is 15.6. The summed E-state index contributed by atoms with van der Waals surface area (Å²) in [7, 11) is 3.23. The monoisotopic (exact) mass is 308 g/mol. The SMILES string of the molecule is COc1ccc(-c2cc(-c3ccc(OC)cc3)oc(=O)c2)cc1. The molecule has 0 spiro atoms. The fraction of sp³-hybridized carbons (Fsp3) is 0.105. The molecule has 0 aliphatic heterocycles. The molecular formula is C19H16O4. The second-order valence-electron chi connectivity index (χ2n) is 4.99. The standard InChI is InChI=1S/C19H16O4/c1-21-16-7-3-13(4-8-16)15-11-18(23-19(20)12-15)14-5-9-17(22-2)10-6-14/h3-12H,1-2H3. The van der Waals surface area contributed by atoms with Gasteiger partial charge in [-0.05, 0) is 53.6 Å². The molecule has 0 bridgehead atoms. The van der Waals surface area contributed by atoms with Crippen molar-refractivity contribution in [1.29, 1.82) is 0 Å². The van der Waals surface area contributed by atoms with Crippen LogP contribution in [-0.4, -0.2) is 14.2 Å². The van der Waals surface area contributed by atoms with Gasteiger partial charge in [0.1, 0.15) is 17.3 Å². The Labute approximate surface area is 133 Å². The fourth-order valence-corrected chi connectivity index (χ4v) is 2.32. The van der Waals surface area contributed by atoms with Crippen molar-refractivity contribution >= 4 is 0 Å². The molecule has 3 rings (SSSR count). The van der Waals surface area contributed by atoms with E-state index in [-0.39, 0.29) is 5.63 Å². The zero-order valence-electron chi connectivity index (χ0n) is 12.9. The second kappa shape index (κ2) is 6.40. The van der Waals surface area contributed by atoms with E-state index in [4.69, 9.17) is 13.9 Å². The molecule has 0 atom stereocenters. The van der Waals surface area contributed by atoms with Crippen LogP contribution in [-0.2, 0) is 0 Å². The molecule has 0 fully saturated rings. The maximum atomic E-state index is 11.9. The van der Waals surface area contributed by atoms with Crippen molar-refractivity contribution in [2.75, 3.05) is 14.2 Å². The number of hydrogen-bond acceptors (Lipinski definition) is 4. The van der Waals surface area contributed by atoms with E-state index in [1.165, 1.54) is 6.07 Å². The van der Waals surface area contributed by atoms with Crippen molar-refractivity contribution in [3.63, 3.8) is 0 Å². The van der Waals surface area contributed by atoms with Gasteiger partial charge in [0.25, 0.3) is 0 Å². The predicted octanol–water partition coefficient (Wildman–Crippen LogP) is 3.99. The van der Waals surface area contributed by atoms with Gasteiger partial charge in [-0.2, -0.15) is 0 Å². The number of rotatable bonds is 4. The van der Waals surface area contributed by atoms with E-state index >= 15 is 0 Å². The van der Waals surface area contributed by atoms with Gasteiger partial charge in [0.15, 0.2) is 0 Å². The number of benzene rings is 2. The topological polar surface area (TPSA) is 48.7 Å². The lowest BCUT2D eigenvalue weighted by Crippen LogP contribution is -1.98. The molecule has 1 heterocycles. The van der Waals surface area contributed by atoms with Crippen LogP contribution in [0, 0.1) is 0 Å². The highest BCUT2D eigenvalue weighted by atomic mass is 16.5. The molecule has 0 radical (unpaired) electrons. The number of ether oxygens (including phenoxy) is 2. The Morgan fingerprint density at radius 1 is 0.696 bits per heavy atom. The molecule has 0 amide bonds. The van der Waals surface area contributed by atoms with Crippen molar-refractivity contribution in [2.24, 2.45) is 0 Å². The van der Waals surface area contributed by atoms with Crippen LogP contribution < -0.4 is 15.1 Å². The Morgan fingerprint density at radius 3 is 1.74 bits per heavy atom. The van der Waals surface area contributed by atoms with Gasteiger partial charge >= 0.3 is 5.63 Å². The minimum absolute atomic E-state index is 0.385. The maximum Gasteiger partial charge on any atom is 0.336 e. The predicted molar refractivity (Wildman–Crippen MR) is 89.0 cm³/mol. The van der Waals surface area contributed by atoms with Crippen LogP contribution in [0.2, 0.25) is 0 Å². The van der Waals surface area contributed by atoms with Gasteiger partial charge in [0.05, 0.1) is 14.2 Å². The molecule has 0 aliphatic carbocycles. The molecule has 0 unspecified atom stereocenters. The first-order chi connectivity index (χ1) is 11.2. The lowest BCUT2D eigenvalue weighted by molar-refractivity contribution is 0.414. The fourth-order valence-electron chi connectivity index (χ4n) is 2.32. The second-order valence-corrected chi connectivity index (χ2v) is 4.99. The Kier molecular flexibility index (Phi) is 4.15. The molecule has 3 aromatic rings. The highest BCUT2D eigenvalue weighted by Gasteiger charge is 2.07. The van der Waals surface area contributed by atoms with Crippen LogP contribution in [0.4, 0.5) is 0 Å². The molecule has 23 heavy (non-hydrogen) atoms. The molecule has 0 N–H and O–H groups in total. The van der Waals surface area contributed by atoms with Crippen LogP contribution in [0.1, 0.15) is 0 Å². The smallest absolute Gasteiger partial charge is 0.336 e. The Bertz CT molecular complexity index is 777. The van der Waals surface area contributed by atoms with Gasteiger partial charge in [-0.1, -0.05) is 12.1 Å². The molecular weight excluding hydrogens is 292 g/mol. The first-order valence-electron chi connectivity index (χ1n) is 7.13. The summed E-state index contributed by atoms with van der Waals surface area (Å²) in [5.41, 5.74) is 2.16. The Morgan fingerprint density at radius 2 is 1.22 bits per heavy atom. The van der Waals surface area contributed by atoms with E-state index < -0.39 is 0 Å². The summed E-state index contributed by atoms with van der Waals surface area (Å²) in [6, 6.07) is 18.2. The third-order valence-electron chi connectivity index (χ3n) is 3.57. The molecule has 0 saturated heterocycles. The summed E-state index contributed by atoms with van der Waals surface area (Å²) in [4.78, 5) is 11.9. The quantitative estimate of drug-likeness (QED) is 0.731. The molecule has 0 saturated carbocycles. The maximum absolute atomic E-state index is 11.9. The van der Waals surface area contributed by atoms with Gasteiger partial charge in [0.2, 0.25) is 0 Å². The first kappa shape index (κ1) is 14.9. The summed E-state index contributed by atoms with van der Waals surface area (Å²) in [5, 5.41) is 0. The van der Waals surface area contributed by atoms with Crippen molar-refractivity contribution in [3.8, 4) is 33.9 Å². The van der Waals surface area contributed by atoms with E-state index in [0.717, 1.165) is 28.2 Å². The van der Waals surface area contributed by atoms with Gasteiger partial charge < -0.3 is 13.9 Å². The largest absolute Gasteiger partial charge is 0.497 e. The van der Waals surface area contributed by atoms with Crippen LogP contribution in [0.15, 0.2) is 69.9 Å². The van der Waals surface area contributed by atoms with E-state index in [2.05, 4.69) is 0 Å². The Balaban J connectivity index is 2.02. The average molecular weight is 308 g/mol. The zero-order chi connectivity index (χ0) is 16.2. The van der Waals surface area contributed by atoms with E-state index in [1.54, 1.807) is 14.2 Å².